The van der Waals surface area contributed by atoms with E-state index in [9.17, 15) is 20.1 Å². The molecule has 0 rings (SSSR count). The number of aliphatic hydroxyl groups is 3. The lowest BCUT2D eigenvalue weighted by Crippen LogP contribution is -2.50. The highest BCUT2D eigenvalue weighted by Gasteiger charge is 2.26. The molecule has 5 heteroatoms. The fourth-order valence-electron chi connectivity index (χ4n) is 10.2. The summed E-state index contributed by atoms with van der Waals surface area (Å²) in [6.45, 7) is 4.20. The number of allylic oxidation sites excluding steroid dienone is 8. The first-order chi connectivity index (χ1) is 35.6. The van der Waals surface area contributed by atoms with Crippen molar-refractivity contribution in [3.63, 3.8) is 0 Å². The zero-order valence-corrected chi connectivity index (χ0v) is 48.6. The molecule has 0 fully saturated rings. The Bertz CT molecular complexity index is 1160. The molecule has 0 aromatic carbocycles. The molecule has 1 amide bonds. The third-order valence-electron chi connectivity index (χ3n) is 15.1. The Morgan fingerprint density at radius 2 is 0.611 bits per heavy atom. The van der Waals surface area contributed by atoms with Crippen molar-refractivity contribution in [3.8, 4) is 0 Å². The smallest absolute Gasteiger partial charge is 0.220 e. The van der Waals surface area contributed by atoms with E-state index < -0.39 is 18.2 Å². The van der Waals surface area contributed by atoms with E-state index in [4.69, 9.17) is 0 Å². The summed E-state index contributed by atoms with van der Waals surface area (Å²) in [6, 6.07) is -0.834. The topological polar surface area (TPSA) is 89.8 Å². The molecule has 3 atom stereocenters. The van der Waals surface area contributed by atoms with E-state index >= 15 is 0 Å². The fraction of sp³-hybridized carbons (Fsp3) is 0.866. The van der Waals surface area contributed by atoms with Gasteiger partial charge in [0.2, 0.25) is 5.91 Å². The number of rotatable bonds is 60. The van der Waals surface area contributed by atoms with Crippen molar-refractivity contribution in [2.45, 2.75) is 366 Å². The van der Waals surface area contributed by atoms with Crippen LogP contribution in [-0.2, 0) is 4.79 Å². The predicted octanol–water partition coefficient (Wildman–Crippen LogP) is 20.7. The Kier molecular flexibility index (Phi) is 60.4. The number of carbonyl (C=O) groups excluding carboxylic acids is 1. The first-order valence-corrected chi connectivity index (χ1v) is 32.4. The molecule has 0 saturated heterocycles. The van der Waals surface area contributed by atoms with Gasteiger partial charge in [-0.15, -0.1) is 0 Å². The van der Waals surface area contributed by atoms with Crippen LogP contribution in [0.25, 0.3) is 0 Å². The van der Waals surface area contributed by atoms with Gasteiger partial charge in [0.25, 0.3) is 0 Å². The Balaban J connectivity index is 3.53. The van der Waals surface area contributed by atoms with Crippen LogP contribution < -0.4 is 5.32 Å². The molecule has 424 valence electrons. The summed E-state index contributed by atoms with van der Waals surface area (Å²) >= 11 is 0. The van der Waals surface area contributed by atoms with Crippen LogP contribution in [0.3, 0.4) is 0 Å². The molecular weight excluding hydrogens is 883 g/mol. The van der Waals surface area contributed by atoms with Crippen molar-refractivity contribution in [1.82, 2.24) is 5.32 Å². The number of aliphatic hydroxyl groups excluding tert-OH is 3. The summed E-state index contributed by atoms with van der Waals surface area (Å²) in [5.41, 5.74) is 0. The maximum Gasteiger partial charge on any atom is 0.220 e. The number of unbranched alkanes of at least 4 members (excludes halogenated alkanes) is 44. The average molecular weight is 1010 g/mol. The lowest BCUT2D eigenvalue weighted by Gasteiger charge is -2.26. The standard InChI is InChI=1S/C67H127NO4/c1-3-5-7-9-11-13-15-17-19-21-23-25-27-28-29-30-31-32-33-34-35-36-37-38-40-42-44-46-48-50-52-54-56-58-60-62-66(71)68-64(63-69)67(72)65(70)61-59-57-55-53-51-49-47-45-43-41-39-26-24-22-20-18-16-14-12-10-8-6-4-2/h27-28,30-31,45,47,53,55,64-65,67,69-70,72H,3-26,29,32-44,46,48-52,54,56-63H2,1-2H3,(H,68,71)/b28-27-,31-30-,47-45+,55-53+. The van der Waals surface area contributed by atoms with Crippen molar-refractivity contribution in [3.05, 3.63) is 48.6 Å². The zero-order valence-electron chi connectivity index (χ0n) is 48.6. The minimum atomic E-state index is -1.17. The number of hydrogen-bond acceptors (Lipinski definition) is 4. The van der Waals surface area contributed by atoms with Gasteiger partial charge in [-0.25, -0.2) is 0 Å². The van der Waals surface area contributed by atoms with Crippen LogP contribution >= 0.6 is 0 Å². The molecule has 4 N–H and O–H groups in total. The van der Waals surface area contributed by atoms with E-state index in [-0.39, 0.29) is 12.5 Å². The van der Waals surface area contributed by atoms with Gasteiger partial charge in [-0.2, -0.15) is 0 Å². The third kappa shape index (κ3) is 56.0. The molecule has 72 heavy (non-hydrogen) atoms. The number of nitrogens with one attached hydrogen (secondary N) is 1. The molecular formula is C67H127NO4. The average Bonchev–Trinajstić information content (AvgIpc) is 3.39. The van der Waals surface area contributed by atoms with Crippen LogP contribution in [0.15, 0.2) is 48.6 Å². The predicted molar refractivity (Wildman–Crippen MR) is 319 cm³/mol. The summed E-state index contributed by atoms with van der Waals surface area (Å²) in [5.74, 6) is -0.154. The maximum atomic E-state index is 12.6. The van der Waals surface area contributed by atoms with E-state index in [0.717, 1.165) is 51.4 Å². The Labute approximate surface area is 450 Å². The van der Waals surface area contributed by atoms with Crippen molar-refractivity contribution in [2.24, 2.45) is 0 Å². The molecule has 0 radical (unpaired) electrons. The Morgan fingerprint density at radius 3 is 0.931 bits per heavy atom. The lowest BCUT2D eigenvalue weighted by molar-refractivity contribution is -0.124. The highest BCUT2D eigenvalue weighted by atomic mass is 16.3. The van der Waals surface area contributed by atoms with E-state index in [1.54, 1.807) is 0 Å². The van der Waals surface area contributed by atoms with Crippen LogP contribution in [0.5, 0.6) is 0 Å². The normalized spacial score (nSPS) is 13.5. The molecule has 0 aliphatic carbocycles. The van der Waals surface area contributed by atoms with Gasteiger partial charge in [0.1, 0.15) is 6.10 Å². The summed E-state index contributed by atoms with van der Waals surface area (Å²) in [6.07, 6.45) is 83.1. The first kappa shape index (κ1) is 70.3. The molecule has 0 heterocycles. The molecule has 0 aliphatic rings. The van der Waals surface area contributed by atoms with Crippen LogP contribution in [0.1, 0.15) is 348 Å². The van der Waals surface area contributed by atoms with Crippen LogP contribution in [0.2, 0.25) is 0 Å². The van der Waals surface area contributed by atoms with Gasteiger partial charge in [-0.3, -0.25) is 4.79 Å². The molecule has 3 unspecified atom stereocenters. The molecule has 0 aromatic rings. The summed E-state index contributed by atoms with van der Waals surface area (Å²) in [4.78, 5) is 12.6. The van der Waals surface area contributed by atoms with Gasteiger partial charge in [0, 0.05) is 6.42 Å². The van der Waals surface area contributed by atoms with Crippen molar-refractivity contribution >= 4 is 5.91 Å². The number of amides is 1. The highest BCUT2D eigenvalue weighted by molar-refractivity contribution is 5.76. The second-order valence-corrected chi connectivity index (χ2v) is 22.3. The number of hydrogen-bond donors (Lipinski definition) is 4. The van der Waals surface area contributed by atoms with Gasteiger partial charge in [0.15, 0.2) is 0 Å². The monoisotopic (exact) mass is 1010 g/mol. The van der Waals surface area contributed by atoms with Crippen LogP contribution in [-0.4, -0.2) is 46.1 Å². The van der Waals surface area contributed by atoms with E-state index in [2.05, 4.69) is 67.8 Å². The molecule has 0 saturated carbocycles. The summed E-state index contributed by atoms with van der Waals surface area (Å²) in [7, 11) is 0. The largest absolute Gasteiger partial charge is 0.394 e. The highest BCUT2D eigenvalue weighted by Crippen LogP contribution is 2.18. The van der Waals surface area contributed by atoms with Crippen molar-refractivity contribution in [1.29, 1.82) is 0 Å². The minimum absolute atomic E-state index is 0.154. The fourth-order valence-corrected chi connectivity index (χ4v) is 10.2. The Morgan fingerprint density at radius 1 is 0.347 bits per heavy atom. The van der Waals surface area contributed by atoms with Gasteiger partial charge >= 0.3 is 0 Å². The van der Waals surface area contributed by atoms with Gasteiger partial charge in [-0.05, 0) is 83.5 Å². The van der Waals surface area contributed by atoms with Crippen LogP contribution in [0, 0.1) is 0 Å². The minimum Gasteiger partial charge on any atom is -0.394 e. The second-order valence-electron chi connectivity index (χ2n) is 22.3. The molecule has 0 spiro atoms. The summed E-state index contributed by atoms with van der Waals surface area (Å²) < 4.78 is 0. The first-order valence-electron chi connectivity index (χ1n) is 32.4. The molecule has 0 aliphatic heterocycles. The second kappa shape index (κ2) is 61.9. The third-order valence-corrected chi connectivity index (χ3v) is 15.1. The number of carbonyl (C=O) groups is 1. The Hall–Kier alpha value is -1.69. The molecule has 0 bridgehead atoms. The zero-order chi connectivity index (χ0) is 52.2. The van der Waals surface area contributed by atoms with Crippen LogP contribution in [0.4, 0.5) is 0 Å². The van der Waals surface area contributed by atoms with Crippen molar-refractivity contribution in [2.75, 3.05) is 6.61 Å². The molecule has 0 aromatic heterocycles. The van der Waals surface area contributed by atoms with E-state index in [0.29, 0.717) is 12.8 Å². The summed E-state index contributed by atoms with van der Waals surface area (Å²) in [5, 5.41) is 33.8. The quantitative estimate of drug-likeness (QED) is 0.0361. The lowest BCUT2D eigenvalue weighted by atomic mass is 10.0. The van der Waals surface area contributed by atoms with E-state index in [1.807, 2.05) is 0 Å². The molecule has 5 nitrogen and oxygen atoms in total. The SMILES string of the molecule is CCCCCCCCCCCCC/C=C\C/C=C\CCCCCCCCCCCCCCCCCCCC(=O)NC(CO)C(O)C(O)CCC/C=C/CC/C=C/CCCCCCCCCCCCCCCC. The van der Waals surface area contributed by atoms with E-state index in [1.165, 1.54) is 270 Å². The van der Waals surface area contributed by atoms with Gasteiger partial charge in [-0.1, -0.05) is 306 Å². The maximum absolute atomic E-state index is 12.6. The van der Waals surface area contributed by atoms with Gasteiger partial charge in [0.05, 0.1) is 18.8 Å². The van der Waals surface area contributed by atoms with Gasteiger partial charge < -0.3 is 20.6 Å². The van der Waals surface area contributed by atoms with Crippen molar-refractivity contribution < 1.29 is 20.1 Å².